The lowest BCUT2D eigenvalue weighted by Gasteiger charge is -2.16. The Morgan fingerprint density at radius 1 is 1.38 bits per heavy atom. The Labute approximate surface area is 153 Å². The maximum absolute atomic E-state index is 13.1. The molecular weight excluding hydrogens is 333 g/mol. The Kier molecular flexibility index (Phi) is 5.71. The van der Waals surface area contributed by atoms with E-state index in [0.717, 1.165) is 43.7 Å². The summed E-state index contributed by atoms with van der Waals surface area (Å²) in [6.45, 7) is 6.54. The normalized spacial score (nSPS) is 18.1. The van der Waals surface area contributed by atoms with Crippen molar-refractivity contribution in [2.24, 2.45) is 0 Å². The molecule has 0 saturated carbocycles. The van der Waals surface area contributed by atoms with Crippen molar-refractivity contribution in [3.8, 4) is 5.69 Å². The molecule has 2 aromatic rings. The summed E-state index contributed by atoms with van der Waals surface area (Å²) >= 11 is 0. The van der Waals surface area contributed by atoms with Crippen LogP contribution in [0.3, 0.4) is 0 Å². The third kappa shape index (κ3) is 4.12. The van der Waals surface area contributed by atoms with Crippen molar-refractivity contribution >= 4 is 5.91 Å². The number of nitrogens with one attached hydrogen (secondary N) is 1. The van der Waals surface area contributed by atoms with E-state index in [1.54, 1.807) is 16.8 Å². The van der Waals surface area contributed by atoms with Gasteiger partial charge < -0.3 is 10.1 Å². The average Bonchev–Trinajstić information content (AvgIpc) is 3.21. The zero-order valence-electron chi connectivity index (χ0n) is 15.6. The Morgan fingerprint density at radius 2 is 2.12 bits per heavy atom. The molecule has 1 saturated heterocycles. The van der Waals surface area contributed by atoms with Crippen LogP contribution in [0.4, 0.5) is 4.39 Å². The fourth-order valence-corrected chi connectivity index (χ4v) is 3.48. The second kappa shape index (κ2) is 7.99. The molecule has 2 heterocycles. The number of amides is 1. The van der Waals surface area contributed by atoms with Crippen molar-refractivity contribution in [2.75, 3.05) is 6.61 Å². The van der Waals surface area contributed by atoms with Gasteiger partial charge in [0.15, 0.2) is 0 Å². The molecule has 0 aliphatic carbocycles. The Hall–Kier alpha value is -2.21. The van der Waals surface area contributed by atoms with Gasteiger partial charge in [-0.2, -0.15) is 5.10 Å². The van der Waals surface area contributed by atoms with E-state index in [9.17, 15) is 9.18 Å². The minimum absolute atomic E-state index is 0.0691. The van der Waals surface area contributed by atoms with Crippen LogP contribution in [0.2, 0.25) is 0 Å². The number of carbonyl (C=O) groups excluding carboxylic acids is 1. The molecule has 5 nitrogen and oxygen atoms in total. The number of hydrogen-bond acceptors (Lipinski definition) is 3. The molecule has 0 radical (unpaired) electrons. The molecule has 2 atom stereocenters. The minimum Gasteiger partial charge on any atom is -0.378 e. The van der Waals surface area contributed by atoms with Crippen LogP contribution in [0.25, 0.3) is 5.69 Å². The molecule has 0 spiro atoms. The summed E-state index contributed by atoms with van der Waals surface area (Å²) in [4.78, 5) is 12.7. The van der Waals surface area contributed by atoms with Crippen molar-refractivity contribution in [1.29, 1.82) is 0 Å². The lowest BCUT2D eigenvalue weighted by Crippen LogP contribution is -2.33. The van der Waals surface area contributed by atoms with E-state index in [1.807, 2.05) is 20.8 Å². The molecule has 1 aromatic heterocycles. The van der Waals surface area contributed by atoms with Crippen molar-refractivity contribution in [1.82, 2.24) is 15.1 Å². The Balaban J connectivity index is 1.68. The maximum Gasteiger partial charge on any atom is 0.255 e. The maximum atomic E-state index is 13.1. The smallest absolute Gasteiger partial charge is 0.255 e. The van der Waals surface area contributed by atoms with Gasteiger partial charge in [-0.1, -0.05) is 0 Å². The summed E-state index contributed by atoms with van der Waals surface area (Å²) in [5.74, 6) is -0.415. The molecule has 140 valence electrons. The van der Waals surface area contributed by atoms with Gasteiger partial charge in [-0.3, -0.25) is 4.79 Å². The van der Waals surface area contributed by atoms with Crippen molar-refractivity contribution in [2.45, 2.75) is 58.6 Å². The van der Waals surface area contributed by atoms with E-state index in [0.29, 0.717) is 17.4 Å². The van der Waals surface area contributed by atoms with Gasteiger partial charge in [-0.15, -0.1) is 0 Å². The number of rotatable bonds is 6. The molecule has 3 rings (SSSR count). The highest BCUT2D eigenvalue weighted by molar-refractivity contribution is 5.96. The predicted molar refractivity (Wildman–Crippen MR) is 98.1 cm³/mol. The van der Waals surface area contributed by atoms with Gasteiger partial charge in [-0.25, -0.2) is 9.07 Å². The largest absolute Gasteiger partial charge is 0.378 e. The van der Waals surface area contributed by atoms with Crippen molar-refractivity contribution < 1.29 is 13.9 Å². The van der Waals surface area contributed by atoms with Crippen LogP contribution in [0.15, 0.2) is 24.3 Å². The van der Waals surface area contributed by atoms with Crippen LogP contribution >= 0.6 is 0 Å². The number of carbonyl (C=O) groups is 1. The van der Waals surface area contributed by atoms with Crippen LogP contribution in [0.1, 0.15) is 54.4 Å². The van der Waals surface area contributed by atoms with E-state index in [4.69, 9.17) is 4.74 Å². The first-order valence-electron chi connectivity index (χ1n) is 9.20. The van der Waals surface area contributed by atoms with Crippen LogP contribution in [0, 0.1) is 19.7 Å². The highest BCUT2D eigenvalue weighted by Crippen LogP contribution is 2.20. The highest BCUT2D eigenvalue weighted by Gasteiger charge is 2.22. The van der Waals surface area contributed by atoms with Crippen LogP contribution < -0.4 is 5.32 Å². The summed E-state index contributed by atoms with van der Waals surface area (Å²) in [6, 6.07) is 6.15. The van der Waals surface area contributed by atoms with Gasteiger partial charge in [0, 0.05) is 12.6 Å². The molecule has 1 aliphatic rings. The average molecular weight is 359 g/mol. The van der Waals surface area contributed by atoms with Crippen LogP contribution in [-0.4, -0.2) is 34.4 Å². The van der Waals surface area contributed by atoms with E-state index in [-0.39, 0.29) is 17.8 Å². The Morgan fingerprint density at radius 3 is 2.77 bits per heavy atom. The lowest BCUT2D eigenvalue weighted by atomic mass is 10.1. The third-order valence-electron chi connectivity index (χ3n) is 4.91. The number of aryl methyl sites for hydroxylation is 1. The van der Waals surface area contributed by atoms with E-state index in [2.05, 4.69) is 10.4 Å². The standard InChI is InChI=1S/C20H26FN3O2/c1-13(6-11-18-5-4-12-26-18)22-20(25)19-14(2)23-24(15(19)3)17-9-7-16(21)8-10-17/h7-10,13,18H,4-6,11-12H2,1-3H3,(H,22,25)/t13-,18-/m1/s1. The lowest BCUT2D eigenvalue weighted by molar-refractivity contribution is 0.0898. The summed E-state index contributed by atoms with van der Waals surface area (Å²) in [5.41, 5.74) is 2.73. The minimum atomic E-state index is -0.298. The molecule has 0 bridgehead atoms. The first-order chi connectivity index (χ1) is 12.5. The second-order valence-corrected chi connectivity index (χ2v) is 7.02. The van der Waals surface area contributed by atoms with E-state index >= 15 is 0 Å². The number of benzene rings is 1. The Bertz CT molecular complexity index is 764. The molecule has 1 aromatic carbocycles. The topological polar surface area (TPSA) is 56.2 Å². The summed E-state index contributed by atoms with van der Waals surface area (Å²) in [6.07, 6.45) is 4.43. The molecule has 6 heteroatoms. The van der Waals surface area contributed by atoms with Gasteiger partial charge >= 0.3 is 0 Å². The number of hydrogen-bond donors (Lipinski definition) is 1. The first-order valence-corrected chi connectivity index (χ1v) is 9.20. The van der Waals surface area contributed by atoms with E-state index in [1.165, 1.54) is 12.1 Å². The second-order valence-electron chi connectivity index (χ2n) is 7.02. The quantitative estimate of drug-likeness (QED) is 0.855. The van der Waals surface area contributed by atoms with Gasteiger partial charge in [-0.05, 0) is 70.7 Å². The molecule has 26 heavy (non-hydrogen) atoms. The predicted octanol–water partition coefficient (Wildman–Crippen LogP) is 3.71. The molecular formula is C20H26FN3O2. The van der Waals surface area contributed by atoms with Gasteiger partial charge in [0.1, 0.15) is 5.82 Å². The summed E-state index contributed by atoms with van der Waals surface area (Å²) < 4.78 is 20.5. The fourth-order valence-electron chi connectivity index (χ4n) is 3.48. The SMILES string of the molecule is Cc1nn(-c2ccc(F)cc2)c(C)c1C(=O)N[C@H](C)CC[C@H]1CCCO1. The first kappa shape index (κ1) is 18.6. The third-order valence-corrected chi connectivity index (χ3v) is 4.91. The molecule has 0 unspecified atom stereocenters. The number of nitrogens with zero attached hydrogens (tertiary/aromatic N) is 2. The molecule has 1 N–H and O–H groups in total. The molecule has 1 aliphatic heterocycles. The van der Waals surface area contributed by atoms with Crippen LogP contribution in [-0.2, 0) is 4.74 Å². The summed E-state index contributed by atoms with van der Waals surface area (Å²) in [7, 11) is 0. The molecule has 1 fully saturated rings. The van der Waals surface area contributed by atoms with E-state index < -0.39 is 0 Å². The van der Waals surface area contributed by atoms with Gasteiger partial charge in [0.2, 0.25) is 0 Å². The number of halogens is 1. The molecule has 1 amide bonds. The highest BCUT2D eigenvalue weighted by atomic mass is 19.1. The zero-order valence-corrected chi connectivity index (χ0v) is 15.6. The summed E-state index contributed by atoms with van der Waals surface area (Å²) in [5, 5.41) is 7.53. The van der Waals surface area contributed by atoms with Gasteiger partial charge in [0.05, 0.1) is 28.7 Å². The fraction of sp³-hybridized carbons (Fsp3) is 0.500. The van der Waals surface area contributed by atoms with Crippen LogP contribution in [0.5, 0.6) is 0 Å². The van der Waals surface area contributed by atoms with Crippen molar-refractivity contribution in [3.05, 3.63) is 47.0 Å². The number of aromatic nitrogens is 2. The van der Waals surface area contributed by atoms with Crippen molar-refractivity contribution in [3.63, 3.8) is 0 Å². The zero-order chi connectivity index (χ0) is 18.7. The van der Waals surface area contributed by atoms with Gasteiger partial charge in [0.25, 0.3) is 5.91 Å². The number of ether oxygens (including phenoxy) is 1. The monoisotopic (exact) mass is 359 g/mol.